The standard InChI is InChI=1S/C13H18BrNO3S/c1-5-19(16,17)9-6-10(14)12-11(7-9)15(4)8-13(2,3)18-12/h6-7H,5,8H2,1-4H3. The average Bonchev–Trinajstić information content (AvgIpc) is 2.29. The summed E-state index contributed by atoms with van der Waals surface area (Å²) in [5.41, 5.74) is 0.510. The number of fused-ring (bicyclic) bond motifs is 1. The van der Waals surface area contributed by atoms with Crippen LogP contribution in [0.2, 0.25) is 0 Å². The molecule has 19 heavy (non-hydrogen) atoms. The van der Waals surface area contributed by atoms with Crippen molar-refractivity contribution in [1.82, 2.24) is 0 Å². The predicted octanol–water partition coefficient (Wildman–Crippen LogP) is 2.85. The molecule has 0 unspecified atom stereocenters. The molecule has 4 nitrogen and oxygen atoms in total. The van der Waals surface area contributed by atoms with Gasteiger partial charge in [0, 0.05) is 7.05 Å². The second kappa shape index (κ2) is 4.66. The van der Waals surface area contributed by atoms with Crippen LogP contribution in [-0.2, 0) is 9.84 Å². The molecular formula is C13H18BrNO3S. The molecule has 0 amide bonds. The third-order valence-corrected chi connectivity index (χ3v) is 5.45. The van der Waals surface area contributed by atoms with Crippen LogP contribution in [0.3, 0.4) is 0 Å². The normalized spacial score (nSPS) is 17.8. The zero-order valence-electron chi connectivity index (χ0n) is 11.5. The molecule has 0 aliphatic carbocycles. The number of anilines is 1. The Morgan fingerprint density at radius 1 is 1.42 bits per heavy atom. The molecule has 0 aromatic heterocycles. The lowest BCUT2D eigenvalue weighted by Crippen LogP contribution is -2.45. The van der Waals surface area contributed by atoms with Gasteiger partial charge in [-0.25, -0.2) is 8.42 Å². The first kappa shape index (κ1) is 14.7. The van der Waals surface area contributed by atoms with E-state index in [1.165, 1.54) is 0 Å². The summed E-state index contributed by atoms with van der Waals surface area (Å²) in [5, 5.41) is 0. The molecule has 0 N–H and O–H groups in total. The molecule has 1 aromatic rings. The Labute approximate surface area is 122 Å². The summed E-state index contributed by atoms with van der Waals surface area (Å²) >= 11 is 3.42. The number of halogens is 1. The molecule has 0 atom stereocenters. The van der Waals surface area contributed by atoms with Crippen molar-refractivity contribution in [3.05, 3.63) is 16.6 Å². The molecule has 106 valence electrons. The van der Waals surface area contributed by atoms with Crippen LogP contribution in [0, 0.1) is 0 Å². The first-order valence-electron chi connectivity index (χ1n) is 6.13. The Morgan fingerprint density at radius 2 is 2.05 bits per heavy atom. The van der Waals surface area contributed by atoms with E-state index in [-0.39, 0.29) is 11.4 Å². The molecular weight excluding hydrogens is 330 g/mol. The maximum atomic E-state index is 12.0. The third kappa shape index (κ3) is 2.74. The van der Waals surface area contributed by atoms with Gasteiger partial charge in [0.2, 0.25) is 0 Å². The van der Waals surface area contributed by atoms with Gasteiger partial charge in [0.1, 0.15) is 5.60 Å². The van der Waals surface area contributed by atoms with Crippen molar-refractivity contribution in [2.24, 2.45) is 0 Å². The van der Waals surface area contributed by atoms with Crippen molar-refractivity contribution in [2.75, 3.05) is 24.2 Å². The third-order valence-electron chi connectivity index (χ3n) is 3.14. The van der Waals surface area contributed by atoms with Gasteiger partial charge >= 0.3 is 0 Å². The second-order valence-electron chi connectivity index (χ2n) is 5.37. The number of sulfone groups is 1. The van der Waals surface area contributed by atoms with E-state index < -0.39 is 9.84 Å². The smallest absolute Gasteiger partial charge is 0.178 e. The molecule has 0 saturated carbocycles. The fourth-order valence-corrected chi connectivity index (χ4v) is 3.85. The van der Waals surface area contributed by atoms with Gasteiger partial charge in [0.05, 0.1) is 27.4 Å². The first-order chi connectivity index (χ1) is 8.66. The van der Waals surface area contributed by atoms with Gasteiger partial charge in [0.15, 0.2) is 15.6 Å². The van der Waals surface area contributed by atoms with E-state index in [9.17, 15) is 8.42 Å². The van der Waals surface area contributed by atoms with Crippen molar-refractivity contribution < 1.29 is 13.2 Å². The van der Waals surface area contributed by atoms with Crippen LogP contribution in [-0.4, -0.2) is 33.4 Å². The van der Waals surface area contributed by atoms with E-state index in [4.69, 9.17) is 4.74 Å². The Bertz CT molecular complexity index is 611. The number of rotatable bonds is 2. The van der Waals surface area contributed by atoms with E-state index in [1.54, 1.807) is 19.1 Å². The number of benzene rings is 1. The SMILES string of the molecule is CCS(=O)(=O)c1cc(Br)c2c(c1)N(C)CC(C)(C)O2. The Morgan fingerprint density at radius 3 is 2.63 bits per heavy atom. The maximum Gasteiger partial charge on any atom is 0.178 e. The summed E-state index contributed by atoms with van der Waals surface area (Å²) in [7, 11) is -1.28. The highest BCUT2D eigenvalue weighted by molar-refractivity contribution is 9.10. The first-order valence-corrected chi connectivity index (χ1v) is 8.57. The molecule has 0 saturated heterocycles. The Balaban J connectivity index is 2.60. The molecule has 0 fully saturated rings. The van der Waals surface area contributed by atoms with Gasteiger partial charge in [-0.2, -0.15) is 0 Å². The predicted molar refractivity (Wildman–Crippen MR) is 79.8 cm³/mol. The number of nitrogens with zero attached hydrogens (tertiary/aromatic N) is 1. The molecule has 1 heterocycles. The molecule has 0 bridgehead atoms. The topological polar surface area (TPSA) is 46.6 Å². The lowest BCUT2D eigenvalue weighted by Gasteiger charge is -2.39. The van der Waals surface area contributed by atoms with Gasteiger partial charge in [-0.3, -0.25) is 0 Å². The minimum Gasteiger partial charge on any atom is -0.483 e. The Hall–Kier alpha value is -0.750. The fourth-order valence-electron chi connectivity index (χ4n) is 2.25. The molecule has 6 heteroatoms. The summed E-state index contributed by atoms with van der Waals surface area (Å²) < 4.78 is 30.6. The van der Waals surface area contributed by atoms with E-state index in [0.717, 1.165) is 5.69 Å². The fraction of sp³-hybridized carbons (Fsp3) is 0.538. The van der Waals surface area contributed by atoms with Crippen molar-refractivity contribution in [1.29, 1.82) is 0 Å². The maximum absolute atomic E-state index is 12.0. The van der Waals surface area contributed by atoms with Crippen LogP contribution >= 0.6 is 15.9 Å². The van der Waals surface area contributed by atoms with Gasteiger partial charge in [0.25, 0.3) is 0 Å². The van der Waals surface area contributed by atoms with Crippen LogP contribution in [0.5, 0.6) is 5.75 Å². The quantitative estimate of drug-likeness (QED) is 0.825. The van der Waals surface area contributed by atoms with Crippen molar-refractivity contribution in [3.8, 4) is 5.75 Å². The summed E-state index contributed by atoms with van der Waals surface area (Å²) in [4.78, 5) is 2.36. The summed E-state index contributed by atoms with van der Waals surface area (Å²) in [6, 6.07) is 3.31. The van der Waals surface area contributed by atoms with E-state index in [2.05, 4.69) is 15.9 Å². The molecule has 1 aromatic carbocycles. The number of hydrogen-bond donors (Lipinski definition) is 0. The molecule has 0 radical (unpaired) electrons. The highest BCUT2D eigenvalue weighted by Gasteiger charge is 2.32. The molecule has 1 aliphatic heterocycles. The van der Waals surface area contributed by atoms with Crippen molar-refractivity contribution in [2.45, 2.75) is 31.3 Å². The molecule has 2 rings (SSSR count). The van der Waals surface area contributed by atoms with Crippen molar-refractivity contribution >= 4 is 31.5 Å². The second-order valence-corrected chi connectivity index (χ2v) is 8.51. The lowest BCUT2D eigenvalue weighted by atomic mass is 10.1. The largest absolute Gasteiger partial charge is 0.483 e. The van der Waals surface area contributed by atoms with Gasteiger partial charge in [-0.1, -0.05) is 6.92 Å². The van der Waals surface area contributed by atoms with E-state index in [1.807, 2.05) is 25.8 Å². The summed E-state index contributed by atoms with van der Waals surface area (Å²) in [6.45, 7) is 6.37. The zero-order valence-corrected chi connectivity index (χ0v) is 13.9. The van der Waals surface area contributed by atoms with E-state index >= 15 is 0 Å². The van der Waals surface area contributed by atoms with Crippen LogP contribution in [0.4, 0.5) is 5.69 Å². The monoisotopic (exact) mass is 347 g/mol. The van der Waals surface area contributed by atoms with Gasteiger partial charge in [-0.15, -0.1) is 0 Å². The lowest BCUT2D eigenvalue weighted by molar-refractivity contribution is 0.106. The minimum absolute atomic E-state index is 0.0916. The van der Waals surface area contributed by atoms with Gasteiger partial charge in [-0.05, 0) is 41.9 Å². The zero-order chi connectivity index (χ0) is 14.4. The van der Waals surface area contributed by atoms with Crippen LogP contribution in [0.15, 0.2) is 21.5 Å². The number of hydrogen-bond acceptors (Lipinski definition) is 4. The number of ether oxygens (including phenoxy) is 1. The highest BCUT2D eigenvalue weighted by Crippen LogP contribution is 2.43. The van der Waals surface area contributed by atoms with Gasteiger partial charge < -0.3 is 9.64 Å². The molecule has 0 spiro atoms. The van der Waals surface area contributed by atoms with Crippen molar-refractivity contribution in [3.63, 3.8) is 0 Å². The van der Waals surface area contributed by atoms with Crippen LogP contribution in [0.25, 0.3) is 0 Å². The average molecular weight is 348 g/mol. The summed E-state index contributed by atoms with van der Waals surface area (Å²) in [5.74, 6) is 0.794. The summed E-state index contributed by atoms with van der Waals surface area (Å²) in [6.07, 6.45) is 0. The molecule has 1 aliphatic rings. The Kier molecular flexibility index (Phi) is 3.60. The van der Waals surface area contributed by atoms with Crippen LogP contribution < -0.4 is 9.64 Å². The number of likely N-dealkylation sites (N-methyl/N-ethyl adjacent to an activating group) is 1. The highest BCUT2D eigenvalue weighted by atomic mass is 79.9. The van der Waals surface area contributed by atoms with E-state index in [0.29, 0.717) is 21.7 Å². The minimum atomic E-state index is -3.22. The van der Waals surface area contributed by atoms with Crippen LogP contribution in [0.1, 0.15) is 20.8 Å².